The molecule has 0 atom stereocenters. The Hall–Kier alpha value is -3.38. The molecule has 0 radical (unpaired) electrons. The van der Waals surface area contributed by atoms with Crippen molar-refractivity contribution >= 4 is 52.5 Å². The van der Waals surface area contributed by atoms with Gasteiger partial charge in [-0.25, -0.2) is 0 Å². The molecule has 0 aromatic heterocycles. The highest BCUT2D eigenvalue weighted by molar-refractivity contribution is 6.35. The van der Waals surface area contributed by atoms with Gasteiger partial charge in [0.15, 0.2) is 11.5 Å². The number of ether oxygens (including phenoxy) is 2. The Balaban J connectivity index is 1.92. The number of amides is 1. The van der Waals surface area contributed by atoms with E-state index in [0.29, 0.717) is 33.0 Å². The number of carbonyl (C=O) groups excluding carboxylic acids is 1. The zero-order chi connectivity index (χ0) is 26.5. The zero-order valence-corrected chi connectivity index (χ0v) is 20.7. The van der Waals surface area contributed by atoms with Crippen LogP contribution in [0.4, 0.5) is 18.9 Å². The molecule has 0 unspecified atom stereocenters. The average molecular weight is 556 g/mol. The van der Waals surface area contributed by atoms with Crippen molar-refractivity contribution in [2.24, 2.45) is 0 Å². The van der Waals surface area contributed by atoms with Crippen LogP contribution >= 0.6 is 34.8 Å². The molecular formula is C25H16Cl3F3N2O3. The van der Waals surface area contributed by atoms with Gasteiger partial charge < -0.3 is 14.8 Å². The third-order valence-corrected chi connectivity index (χ3v) is 5.74. The van der Waals surface area contributed by atoms with Crippen LogP contribution < -0.4 is 14.8 Å². The lowest BCUT2D eigenvalue weighted by Crippen LogP contribution is -2.15. The van der Waals surface area contributed by atoms with Crippen LogP contribution in [0, 0.1) is 11.3 Å². The Labute approximate surface area is 219 Å². The van der Waals surface area contributed by atoms with Crippen LogP contribution in [-0.4, -0.2) is 13.0 Å². The molecule has 0 aliphatic carbocycles. The van der Waals surface area contributed by atoms with E-state index in [9.17, 15) is 23.2 Å². The number of rotatable bonds is 7. The van der Waals surface area contributed by atoms with Gasteiger partial charge in [0.25, 0.3) is 5.91 Å². The summed E-state index contributed by atoms with van der Waals surface area (Å²) in [6.45, 7) is 0.0190. The van der Waals surface area contributed by atoms with Crippen molar-refractivity contribution in [3.05, 3.63) is 91.9 Å². The quantitative estimate of drug-likeness (QED) is 0.238. The van der Waals surface area contributed by atoms with E-state index in [-0.39, 0.29) is 23.1 Å². The van der Waals surface area contributed by atoms with Gasteiger partial charge in [0.1, 0.15) is 18.2 Å². The molecule has 0 aliphatic rings. The number of nitriles is 1. The fourth-order valence-corrected chi connectivity index (χ4v) is 3.67. The van der Waals surface area contributed by atoms with Gasteiger partial charge >= 0.3 is 6.18 Å². The molecule has 1 amide bonds. The fraction of sp³-hybridized carbons (Fsp3) is 0.120. The van der Waals surface area contributed by atoms with E-state index in [1.807, 2.05) is 0 Å². The molecule has 36 heavy (non-hydrogen) atoms. The standard InChI is InChI=1S/C25H16Cl3F3N2O3/c1-35-22-4-2-3-14(23(22)36-13-15-5-7-18(26)11-20(15)28)9-16(12-32)24(34)33-21-10-17(25(29,30)31)6-8-19(21)27/h2-11H,13H2,1H3,(H,33,34). The van der Waals surface area contributed by atoms with Gasteiger partial charge in [0, 0.05) is 21.2 Å². The third-order valence-electron chi connectivity index (χ3n) is 4.82. The first kappa shape index (κ1) is 27.2. The molecule has 186 valence electrons. The normalized spacial score (nSPS) is 11.6. The number of hydrogen-bond donors (Lipinski definition) is 1. The summed E-state index contributed by atoms with van der Waals surface area (Å²) in [6, 6.07) is 13.9. The van der Waals surface area contributed by atoms with Crippen molar-refractivity contribution in [1.82, 2.24) is 0 Å². The van der Waals surface area contributed by atoms with Gasteiger partial charge in [0.2, 0.25) is 0 Å². The Bertz CT molecular complexity index is 1370. The maximum atomic E-state index is 13.0. The van der Waals surface area contributed by atoms with Crippen molar-refractivity contribution in [1.29, 1.82) is 5.26 Å². The van der Waals surface area contributed by atoms with Gasteiger partial charge in [-0.1, -0.05) is 53.0 Å². The number of para-hydroxylation sites is 1. The minimum absolute atomic E-state index is 0.0190. The summed E-state index contributed by atoms with van der Waals surface area (Å²) >= 11 is 18.1. The van der Waals surface area contributed by atoms with E-state index < -0.39 is 23.2 Å². The predicted molar refractivity (Wildman–Crippen MR) is 132 cm³/mol. The lowest BCUT2D eigenvalue weighted by Gasteiger charge is -2.15. The van der Waals surface area contributed by atoms with E-state index in [1.165, 1.54) is 13.2 Å². The number of alkyl halides is 3. The second-order valence-corrected chi connectivity index (χ2v) is 8.47. The Morgan fingerprint density at radius 1 is 1.08 bits per heavy atom. The summed E-state index contributed by atoms with van der Waals surface area (Å²) in [4.78, 5) is 12.7. The number of benzene rings is 3. The first-order chi connectivity index (χ1) is 17.0. The smallest absolute Gasteiger partial charge is 0.416 e. The third kappa shape index (κ3) is 6.64. The van der Waals surface area contributed by atoms with Crippen LogP contribution in [0.2, 0.25) is 15.1 Å². The zero-order valence-electron chi connectivity index (χ0n) is 18.4. The number of carbonyl (C=O) groups is 1. The SMILES string of the molecule is COc1cccc(C=C(C#N)C(=O)Nc2cc(C(F)(F)F)ccc2Cl)c1OCc1ccc(Cl)cc1Cl. The minimum atomic E-state index is -4.64. The summed E-state index contributed by atoms with van der Waals surface area (Å²) in [6.07, 6.45) is -3.42. The first-order valence-electron chi connectivity index (χ1n) is 10.1. The number of nitrogens with zero attached hydrogens (tertiary/aromatic N) is 1. The van der Waals surface area contributed by atoms with Crippen molar-refractivity contribution in [3.8, 4) is 17.6 Å². The molecule has 1 N–H and O–H groups in total. The van der Waals surface area contributed by atoms with Crippen molar-refractivity contribution in [2.45, 2.75) is 12.8 Å². The Morgan fingerprint density at radius 3 is 2.47 bits per heavy atom. The van der Waals surface area contributed by atoms with Gasteiger partial charge in [0.05, 0.1) is 23.4 Å². The van der Waals surface area contributed by atoms with Crippen LogP contribution in [0.25, 0.3) is 6.08 Å². The van der Waals surface area contributed by atoms with Crippen LogP contribution in [0.3, 0.4) is 0 Å². The molecular weight excluding hydrogens is 540 g/mol. The number of halogens is 6. The summed E-state index contributed by atoms with van der Waals surface area (Å²) in [5.74, 6) is -0.440. The van der Waals surface area contributed by atoms with Crippen LogP contribution in [0.5, 0.6) is 11.5 Å². The van der Waals surface area contributed by atoms with E-state index in [4.69, 9.17) is 44.3 Å². The number of nitrogens with one attached hydrogen (secondary N) is 1. The molecule has 3 aromatic carbocycles. The summed E-state index contributed by atoms with van der Waals surface area (Å²) in [7, 11) is 1.42. The monoisotopic (exact) mass is 554 g/mol. The summed E-state index contributed by atoms with van der Waals surface area (Å²) in [5, 5.41) is 12.5. The Kier molecular flexibility index (Phi) is 8.75. The van der Waals surface area contributed by atoms with Gasteiger partial charge in [-0.05, 0) is 42.5 Å². The average Bonchev–Trinajstić information content (AvgIpc) is 2.82. The lowest BCUT2D eigenvalue weighted by molar-refractivity contribution is -0.137. The van der Waals surface area contributed by atoms with Crippen LogP contribution in [-0.2, 0) is 17.6 Å². The van der Waals surface area contributed by atoms with E-state index in [1.54, 1.807) is 42.5 Å². The first-order valence-corrected chi connectivity index (χ1v) is 11.2. The molecule has 0 saturated heterocycles. The maximum Gasteiger partial charge on any atom is 0.416 e. The van der Waals surface area contributed by atoms with Gasteiger partial charge in [-0.3, -0.25) is 4.79 Å². The summed E-state index contributed by atoms with van der Waals surface area (Å²) < 4.78 is 50.4. The summed E-state index contributed by atoms with van der Waals surface area (Å²) in [5.41, 5.74) is -0.780. The number of methoxy groups -OCH3 is 1. The molecule has 0 spiro atoms. The minimum Gasteiger partial charge on any atom is -0.493 e. The van der Waals surface area contributed by atoms with Crippen LogP contribution in [0.1, 0.15) is 16.7 Å². The highest BCUT2D eigenvalue weighted by Gasteiger charge is 2.31. The largest absolute Gasteiger partial charge is 0.493 e. The van der Waals surface area contributed by atoms with Gasteiger partial charge in [-0.15, -0.1) is 0 Å². The van der Waals surface area contributed by atoms with E-state index >= 15 is 0 Å². The fourth-order valence-electron chi connectivity index (χ4n) is 3.04. The highest BCUT2D eigenvalue weighted by Crippen LogP contribution is 2.36. The molecule has 0 saturated carbocycles. The molecule has 0 fully saturated rings. The molecule has 0 aliphatic heterocycles. The molecule has 3 aromatic rings. The molecule has 11 heteroatoms. The van der Waals surface area contributed by atoms with Crippen LogP contribution in [0.15, 0.2) is 60.2 Å². The second kappa shape index (κ2) is 11.6. The van der Waals surface area contributed by atoms with Gasteiger partial charge in [-0.2, -0.15) is 18.4 Å². The highest BCUT2D eigenvalue weighted by atomic mass is 35.5. The molecule has 5 nitrogen and oxygen atoms in total. The predicted octanol–water partition coefficient (Wildman–Crippen LogP) is 7.80. The number of anilines is 1. The maximum absolute atomic E-state index is 13.0. The van der Waals surface area contributed by atoms with Crippen molar-refractivity contribution in [2.75, 3.05) is 12.4 Å². The topological polar surface area (TPSA) is 71.3 Å². The van der Waals surface area contributed by atoms with E-state index in [2.05, 4.69) is 5.32 Å². The second-order valence-electron chi connectivity index (χ2n) is 7.22. The van der Waals surface area contributed by atoms with E-state index in [0.717, 1.165) is 12.1 Å². The van der Waals surface area contributed by atoms with Crippen molar-refractivity contribution in [3.63, 3.8) is 0 Å². The lowest BCUT2D eigenvalue weighted by atomic mass is 10.1. The Morgan fingerprint density at radius 2 is 1.83 bits per heavy atom. The van der Waals surface area contributed by atoms with Crippen molar-refractivity contribution < 1.29 is 27.4 Å². The molecule has 0 heterocycles. The molecule has 3 rings (SSSR count). The molecule has 0 bridgehead atoms. The number of hydrogen-bond acceptors (Lipinski definition) is 4.